The second-order valence-electron chi connectivity index (χ2n) is 4.74. The van der Waals surface area contributed by atoms with Crippen molar-refractivity contribution in [3.05, 3.63) is 29.5 Å². The molecule has 0 saturated carbocycles. The predicted molar refractivity (Wildman–Crippen MR) is 76.2 cm³/mol. The number of likely N-dealkylation sites (N-methyl/N-ethyl adjacent to an activating group) is 1. The molecule has 0 atom stereocenters. The number of rotatable bonds is 5. The Morgan fingerprint density at radius 2 is 1.94 bits per heavy atom. The van der Waals surface area contributed by atoms with E-state index in [1.165, 1.54) is 5.56 Å². The number of benzene rings is 1. The van der Waals surface area contributed by atoms with Gasteiger partial charge in [-0.05, 0) is 43.6 Å². The number of aryl methyl sites for hydroxylation is 1. The molecule has 2 aromatic rings. The Hall–Kier alpha value is -1.48. The predicted octanol–water partition coefficient (Wildman–Crippen LogP) is 3.07. The first-order valence-corrected chi connectivity index (χ1v) is 6.68. The third-order valence-corrected chi connectivity index (χ3v) is 3.69. The van der Waals surface area contributed by atoms with Gasteiger partial charge in [-0.2, -0.15) is 0 Å². The summed E-state index contributed by atoms with van der Waals surface area (Å²) < 4.78 is 0. The van der Waals surface area contributed by atoms with E-state index in [4.69, 9.17) is 0 Å². The van der Waals surface area contributed by atoms with Gasteiger partial charge >= 0.3 is 0 Å². The first kappa shape index (κ1) is 13.0. The van der Waals surface area contributed by atoms with Crippen LogP contribution in [-0.2, 0) is 6.42 Å². The number of phenolic OH excluding ortho intramolecular Hbond substituents is 1. The molecule has 3 heteroatoms. The number of hydrogen-bond acceptors (Lipinski definition) is 2. The maximum Gasteiger partial charge on any atom is 0.128 e. The molecular weight excluding hydrogens is 224 g/mol. The molecule has 98 valence electrons. The van der Waals surface area contributed by atoms with Gasteiger partial charge in [-0.3, -0.25) is 0 Å². The minimum Gasteiger partial charge on any atom is -0.507 e. The summed E-state index contributed by atoms with van der Waals surface area (Å²) in [5, 5.41) is 11.2. The van der Waals surface area contributed by atoms with Crippen LogP contribution in [0.25, 0.3) is 10.9 Å². The summed E-state index contributed by atoms with van der Waals surface area (Å²) in [5.74, 6) is 0.420. The molecule has 18 heavy (non-hydrogen) atoms. The molecule has 0 amide bonds. The molecule has 0 radical (unpaired) electrons. The lowest BCUT2D eigenvalue weighted by Gasteiger charge is -2.17. The quantitative estimate of drug-likeness (QED) is 0.851. The highest BCUT2D eigenvalue weighted by atomic mass is 16.3. The zero-order valence-corrected chi connectivity index (χ0v) is 11.5. The van der Waals surface area contributed by atoms with Crippen LogP contribution in [0.1, 0.15) is 25.0 Å². The molecule has 0 bridgehead atoms. The lowest BCUT2D eigenvalue weighted by Crippen LogP contribution is -2.25. The Morgan fingerprint density at radius 1 is 1.22 bits per heavy atom. The molecule has 0 unspecified atom stereocenters. The summed E-state index contributed by atoms with van der Waals surface area (Å²) >= 11 is 0. The Balaban J connectivity index is 2.26. The van der Waals surface area contributed by atoms with Crippen molar-refractivity contribution in [2.24, 2.45) is 0 Å². The van der Waals surface area contributed by atoms with Gasteiger partial charge in [-0.1, -0.05) is 19.9 Å². The molecule has 1 aromatic heterocycles. The van der Waals surface area contributed by atoms with Crippen LogP contribution in [0.4, 0.5) is 0 Å². The molecule has 0 spiro atoms. The van der Waals surface area contributed by atoms with Gasteiger partial charge in [0.25, 0.3) is 0 Å². The molecule has 0 aliphatic rings. The largest absolute Gasteiger partial charge is 0.507 e. The minimum absolute atomic E-state index is 0.420. The van der Waals surface area contributed by atoms with Gasteiger partial charge in [0.2, 0.25) is 0 Å². The van der Waals surface area contributed by atoms with Crippen LogP contribution in [0.2, 0.25) is 0 Å². The molecular formula is C15H22N2O. The van der Waals surface area contributed by atoms with Crippen LogP contribution in [0.15, 0.2) is 18.3 Å². The molecule has 0 aliphatic carbocycles. The summed E-state index contributed by atoms with van der Waals surface area (Å²) in [6.45, 7) is 9.48. The number of nitrogens with zero attached hydrogens (tertiary/aromatic N) is 1. The van der Waals surface area contributed by atoms with E-state index in [1.807, 2.05) is 25.3 Å². The molecule has 1 heterocycles. The van der Waals surface area contributed by atoms with E-state index in [0.29, 0.717) is 5.75 Å². The van der Waals surface area contributed by atoms with Crippen LogP contribution in [0.5, 0.6) is 5.75 Å². The van der Waals surface area contributed by atoms with E-state index in [1.54, 1.807) is 0 Å². The van der Waals surface area contributed by atoms with Gasteiger partial charge < -0.3 is 15.0 Å². The fourth-order valence-electron chi connectivity index (χ4n) is 2.39. The zero-order chi connectivity index (χ0) is 13.1. The normalized spacial score (nSPS) is 11.6. The van der Waals surface area contributed by atoms with Gasteiger partial charge in [-0.15, -0.1) is 0 Å². The smallest absolute Gasteiger partial charge is 0.128 e. The molecule has 3 nitrogen and oxygen atoms in total. The fraction of sp³-hybridized carbons (Fsp3) is 0.467. The number of fused-ring (bicyclic) bond motifs is 1. The van der Waals surface area contributed by atoms with E-state index in [2.05, 4.69) is 23.7 Å². The molecule has 0 aliphatic heterocycles. The maximum atomic E-state index is 10.2. The van der Waals surface area contributed by atoms with Crippen LogP contribution in [0.3, 0.4) is 0 Å². The number of nitrogens with one attached hydrogen (secondary N) is 1. The number of aromatic nitrogens is 1. The fourth-order valence-corrected chi connectivity index (χ4v) is 2.39. The van der Waals surface area contributed by atoms with Crippen LogP contribution < -0.4 is 0 Å². The van der Waals surface area contributed by atoms with Gasteiger partial charge in [0, 0.05) is 23.6 Å². The summed E-state index contributed by atoms with van der Waals surface area (Å²) in [6, 6.07) is 3.98. The Morgan fingerprint density at radius 3 is 2.61 bits per heavy atom. The molecule has 0 saturated heterocycles. The van der Waals surface area contributed by atoms with Crippen molar-refractivity contribution in [2.75, 3.05) is 19.6 Å². The summed E-state index contributed by atoms with van der Waals surface area (Å²) in [4.78, 5) is 5.63. The van der Waals surface area contributed by atoms with Crippen molar-refractivity contribution in [3.63, 3.8) is 0 Å². The number of phenols is 1. The highest BCUT2D eigenvalue weighted by Crippen LogP contribution is 2.31. The van der Waals surface area contributed by atoms with Crippen molar-refractivity contribution >= 4 is 10.9 Å². The van der Waals surface area contributed by atoms with Crippen molar-refractivity contribution in [3.8, 4) is 5.75 Å². The average molecular weight is 246 g/mol. The topological polar surface area (TPSA) is 39.3 Å². The van der Waals surface area contributed by atoms with Crippen LogP contribution >= 0.6 is 0 Å². The molecule has 2 rings (SSSR count). The first-order valence-electron chi connectivity index (χ1n) is 6.68. The highest BCUT2D eigenvalue weighted by Gasteiger charge is 2.11. The molecule has 0 fully saturated rings. The first-order chi connectivity index (χ1) is 8.67. The van der Waals surface area contributed by atoms with Crippen LogP contribution in [-0.4, -0.2) is 34.6 Å². The van der Waals surface area contributed by atoms with Crippen molar-refractivity contribution in [1.82, 2.24) is 9.88 Å². The Bertz CT molecular complexity index is 527. The van der Waals surface area contributed by atoms with Crippen molar-refractivity contribution < 1.29 is 5.11 Å². The third-order valence-electron chi connectivity index (χ3n) is 3.69. The van der Waals surface area contributed by atoms with Crippen LogP contribution in [0, 0.1) is 6.92 Å². The van der Waals surface area contributed by atoms with Gasteiger partial charge in [0.05, 0.1) is 0 Å². The van der Waals surface area contributed by atoms with Gasteiger partial charge in [0.15, 0.2) is 0 Å². The van der Waals surface area contributed by atoms with Gasteiger partial charge in [0.1, 0.15) is 5.75 Å². The minimum atomic E-state index is 0.420. The van der Waals surface area contributed by atoms with E-state index in [0.717, 1.165) is 42.5 Å². The lowest BCUT2D eigenvalue weighted by molar-refractivity contribution is 0.308. The Kier molecular flexibility index (Phi) is 3.92. The maximum absolute atomic E-state index is 10.2. The van der Waals surface area contributed by atoms with Crippen molar-refractivity contribution in [1.29, 1.82) is 0 Å². The number of H-pyrrole nitrogens is 1. The number of aromatic hydroxyl groups is 1. The van der Waals surface area contributed by atoms with Gasteiger partial charge in [-0.25, -0.2) is 0 Å². The molecule has 1 aromatic carbocycles. The summed E-state index contributed by atoms with van der Waals surface area (Å²) in [6.07, 6.45) is 2.99. The number of hydrogen-bond donors (Lipinski definition) is 2. The van der Waals surface area contributed by atoms with E-state index >= 15 is 0 Å². The second-order valence-corrected chi connectivity index (χ2v) is 4.74. The highest BCUT2D eigenvalue weighted by molar-refractivity contribution is 5.90. The second kappa shape index (κ2) is 5.44. The van der Waals surface area contributed by atoms with E-state index in [9.17, 15) is 5.11 Å². The summed E-state index contributed by atoms with van der Waals surface area (Å²) in [7, 11) is 0. The van der Waals surface area contributed by atoms with E-state index < -0.39 is 0 Å². The number of aromatic amines is 1. The average Bonchev–Trinajstić information content (AvgIpc) is 2.79. The Labute approximate surface area is 108 Å². The lowest BCUT2D eigenvalue weighted by atomic mass is 10.1. The zero-order valence-electron chi connectivity index (χ0n) is 11.5. The standard InChI is InChI=1S/C15H22N2O/c1-4-17(5-2)9-8-12-10-16-13-7-6-11(3)15(18)14(12)13/h6-7,10,16,18H,4-5,8-9H2,1-3H3. The monoisotopic (exact) mass is 246 g/mol. The van der Waals surface area contributed by atoms with Crippen molar-refractivity contribution in [2.45, 2.75) is 27.2 Å². The van der Waals surface area contributed by atoms with E-state index in [-0.39, 0.29) is 0 Å². The molecule has 2 N–H and O–H groups in total. The third kappa shape index (κ3) is 2.36. The summed E-state index contributed by atoms with van der Waals surface area (Å²) in [5.41, 5.74) is 3.16. The SMILES string of the molecule is CCN(CC)CCc1c[nH]c2ccc(C)c(O)c12.